The highest BCUT2D eigenvalue weighted by Gasteiger charge is 2.39. The third-order valence-corrected chi connectivity index (χ3v) is 5.39. The Morgan fingerprint density at radius 2 is 2.03 bits per heavy atom. The number of nitrogens with one attached hydrogen (secondary N) is 2. The van der Waals surface area contributed by atoms with E-state index in [4.69, 9.17) is 4.74 Å². The summed E-state index contributed by atoms with van der Waals surface area (Å²) in [6.07, 6.45) is 5.34. The highest BCUT2D eigenvalue weighted by Crippen LogP contribution is 2.45. The van der Waals surface area contributed by atoms with E-state index in [-0.39, 0.29) is 11.7 Å². The summed E-state index contributed by atoms with van der Waals surface area (Å²) in [5.74, 6) is -0.00589. The number of ketones is 1. The first-order valence-corrected chi connectivity index (χ1v) is 9.68. The minimum absolute atomic E-state index is 0.0776. The topological polar surface area (TPSA) is 80.3 Å². The van der Waals surface area contributed by atoms with Gasteiger partial charge in [-0.2, -0.15) is 0 Å². The average Bonchev–Trinajstić information content (AvgIpc) is 2.73. The smallest absolute Gasteiger partial charge is 0.254 e. The van der Waals surface area contributed by atoms with Crippen molar-refractivity contribution in [1.82, 2.24) is 10.3 Å². The minimum Gasteiger partial charge on any atom is -0.496 e. The molecule has 6 heteroatoms. The summed E-state index contributed by atoms with van der Waals surface area (Å²) in [5, 5.41) is 6.24. The lowest BCUT2D eigenvalue weighted by molar-refractivity contribution is -0.116. The molecule has 2 aliphatic rings. The van der Waals surface area contributed by atoms with E-state index in [0.29, 0.717) is 29.0 Å². The quantitative estimate of drug-likeness (QED) is 0.834. The third-order valence-electron chi connectivity index (χ3n) is 5.39. The third kappa shape index (κ3) is 3.53. The van der Waals surface area contributed by atoms with Gasteiger partial charge in [-0.15, -0.1) is 0 Å². The van der Waals surface area contributed by atoms with E-state index in [2.05, 4.69) is 15.6 Å². The number of rotatable bonds is 4. The van der Waals surface area contributed by atoms with Crippen molar-refractivity contribution in [2.45, 2.75) is 32.1 Å². The Labute approximate surface area is 169 Å². The standard InChI is InChI=1S/C23H23N3O3/c1-14-20(23(28)26-15-7-6-12-24-13-15)21(16-8-3-4-11-19(16)29-2)22-17(25-14)9-5-10-18(22)27/h3-4,6-8,11-13,21,25H,5,9-10H2,1-2H3,(H,26,28)/t21-/m0/s1. The van der Waals surface area contributed by atoms with Crippen LogP contribution in [0.5, 0.6) is 5.75 Å². The van der Waals surface area contributed by atoms with Gasteiger partial charge in [0.15, 0.2) is 5.78 Å². The van der Waals surface area contributed by atoms with Crippen LogP contribution in [0.4, 0.5) is 5.69 Å². The van der Waals surface area contributed by atoms with Crippen LogP contribution in [0.15, 0.2) is 71.3 Å². The number of amides is 1. The Morgan fingerprint density at radius 3 is 2.79 bits per heavy atom. The number of nitrogens with zero attached hydrogens (tertiary/aromatic N) is 1. The molecule has 2 N–H and O–H groups in total. The van der Waals surface area contributed by atoms with Crippen LogP contribution in [0.2, 0.25) is 0 Å². The lowest BCUT2D eigenvalue weighted by Crippen LogP contribution is -2.35. The number of para-hydroxylation sites is 1. The Bertz CT molecular complexity index is 1020. The van der Waals surface area contributed by atoms with Crippen molar-refractivity contribution in [2.75, 3.05) is 12.4 Å². The van der Waals surface area contributed by atoms with Gasteiger partial charge in [0.1, 0.15) is 5.75 Å². The SMILES string of the molecule is COc1ccccc1[C@H]1C(C(=O)Nc2cccnc2)=C(C)NC2=C1C(=O)CCC2. The Hall–Kier alpha value is -3.41. The van der Waals surface area contributed by atoms with E-state index in [1.165, 1.54) is 0 Å². The fourth-order valence-electron chi connectivity index (χ4n) is 4.14. The average molecular weight is 389 g/mol. The maximum Gasteiger partial charge on any atom is 0.254 e. The number of carbonyl (C=O) groups is 2. The number of anilines is 1. The summed E-state index contributed by atoms with van der Waals surface area (Å²) >= 11 is 0. The van der Waals surface area contributed by atoms with Crippen LogP contribution < -0.4 is 15.4 Å². The van der Waals surface area contributed by atoms with Gasteiger partial charge in [0, 0.05) is 40.7 Å². The number of hydrogen-bond acceptors (Lipinski definition) is 5. The predicted octanol–water partition coefficient (Wildman–Crippen LogP) is 3.70. The molecule has 1 aliphatic heterocycles. The van der Waals surface area contributed by atoms with Crippen LogP contribution in [0, 0.1) is 0 Å². The Balaban J connectivity index is 1.83. The van der Waals surface area contributed by atoms with Gasteiger partial charge in [-0.25, -0.2) is 0 Å². The molecule has 148 valence electrons. The zero-order valence-corrected chi connectivity index (χ0v) is 16.5. The first-order chi connectivity index (χ1) is 14.1. The lowest BCUT2D eigenvalue weighted by Gasteiger charge is -2.35. The molecule has 0 bridgehead atoms. The maximum absolute atomic E-state index is 13.3. The van der Waals surface area contributed by atoms with Crippen molar-refractivity contribution in [3.8, 4) is 5.75 Å². The van der Waals surface area contributed by atoms with E-state index < -0.39 is 5.92 Å². The molecule has 4 rings (SSSR count). The molecule has 0 radical (unpaired) electrons. The molecule has 0 unspecified atom stereocenters. The molecule has 0 fully saturated rings. The van der Waals surface area contributed by atoms with Gasteiger partial charge < -0.3 is 15.4 Å². The van der Waals surface area contributed by atoms with Gasteiger partial charge in [0.2, 0.25) is 0 Å². The molecule has 2 heterocycles. The predicted molar refractivity (Wildman–Crippen MR) is 110 cm³/mol. The number of benzene rings is 1. The van der Waals surface area contributed by atoms with Gasteiger partial charge in [-0.05, 0) is 38.0 Å². The summed E-state index contributed by atoms with van der Waals surface area (Å²) in [6, 6.07) is 11.1. The van der Waals surface area contributed by atoms with Crippen LogP contribution in [0.3, 0.4) is 0 Å². The van der Waals surface area contributed by atoms with E-state index in [9.17, 15) is 9.59 Å². The fraction of sp³-hybridized carbons (Fsp3) is 0.261. The number of carbonyl (C=O) groups excluding carboxylic acids is 2. The number of allylic oxidation sites excluding steroid dienone is 3. The number of aromatic nitrogens is 1. The minimum atomic E-state index is -0.480. The molecule has 1 aromatic heterocycles. The van der Waals surface area contributed by atoms with E-state index >= 15 is 0 Å². The molecular formula is C23H23N3O3. The monoisotopic (exact) mass is 389 g/mol. The molecule has 0 saturated heterocycles. The molecular weight excluding hydrogens is 366 g/mol. The van der Waals surface area contributed by atoms with Crippen molar-refractivity contribution in [1.29, 1.82) is 0 Å². The summed E-state index contributed by atoms with van der Waals surface area (Å²) in [4.78, 5) is 30.3. The maximum atomic E-state index is 13.3. The number of Topliss-reactive ketones (excluding diaryl/α,β-unsaturated/α-hetero) is 1. The molecule has 1 aliphatic carbocycles. The van der Waals surface area contributed by atoms with Crippen molar-refractivity contribution >= 4 is 17.4 Å². The first kappa shape index (κ1) is 18.9. The second kappa shape index (κ2) is 7.91. The second-order valence-corrected chi connectivity index (χ2v) is 7.20. The van der Waals surface area contributed by atoms with Gasteiger partial charge in [0.25, 0.3) is 5.91 Å². The van der Waals surface area contributed by atoms with Crippen molar-refractivity contribution in [3.05, 3.63) is 76.9 Å². The summed E-state index contributed by atoms with van der Waals surface area (Å²) < 4.78 is 5.58. The molecule has 0 spiro atoms. The zero-order chi connectivity index (χ0) is 20.4. The van der Waals surface area contributed by atoms with Crippen LogP contribution >= 0.6 is 0 Å². The molecule has 2 aromatic rings. The summed E-state index contributed by atoms with van der Waals surface area (Å²) in [5.41, 5.74) is 4.26. The number of pyridine rings is 1. The highest BCUT2D eigenvalue weighted by atomic mass is 16.5. The van der Waals surface area contributed by atoms with Crippen molar-refractivity contribution < 1.29 is 14.3 Å². The summed E-state index contributed by atoms with van der Waals surface area (Å²) in [7, 11) is 1.60. The number of methoxy groups -OCH3 is 1. The highest BCUT2D eigenvalue weighted by molar-refractivity contribution is 6.09. The molecule has 6 nitrogen and oxygen atoms in total. The van der Waals surface area contributed by atoms with E-state index in [1.54, 1.807) is 31.6 Å². The van der Waals surface area contributed by atoms with Crippen LogP contribution in [0.1, 0.15) is 37.7 Å². The normalized spacial score (nSPS) is 18.8. The van der Waals surface area contributed by atoms with E-state index in [0.717, 1.165) is 29.8 Å². The van der Waals surface area contributed by atoms with E-state index in [1.807, 2.05) is 31.2 Å². The first-order valence-electron chi connectivity index (χ1n) is 9.68. The molecule has 1 atom stereocenters. The second-order valence-electron chi connectivity index (χ2n) is 7.20. The largest absolute Gasteiger partial charge is 0.496 e. The van der Waals surface area contributed by atoms with Crippen molar-refractivity contribution in [3.63, 3.8) is 0 Å². The molecule has 0 saturated carbocycles. The molecule has 1 amide bonds. The van der Waals surface area contributed by atoms with Crippen molar-refractivity contribution in [2.24, 2.45) is 0 Å². The van der Waals surface area contributed by atoms with Crippen LogP contribution in [-0.2, 0) is 9.59 Å². The Morgan fingerprint density at radius 1 is 1.21 bits per heavy atom. The van der Waals surface area contributed by atoms with Gasteiger partial charge in [0.05, 0.1) is 24.9 Å². The molecule has 1 aromatic carbocycles. The summed E-state index contributed by atoms with van der Waals surface area (Å²) in [6.45, 7) is 1.88. The number of ether oxygens (including phenoxy) is 1. The van der Waals surface area contributed by atoms with Crippen LogP contribution in [0.25, 0.3) is 0 Å². The molecule has 29 heavy (non-hydrogen) atoms. The lowest BCUT2D eigenvalue weighted by atomic mass is 9.74. The number of dihydropyridines is 1. The van der Waals surface area contributed by atoms with Gasteiger partial charge in [-0.1, -0.05) is 18.2 Å². The van der Waals surface area contributed by atoms with Crippen LogP contribution in [-0.4, -0.2) is 23.8 Å². The van der Waals surface area contributed by atoms with Gasteiger partial charge >= 0.3 is 0 Å². The fourth-order valence-corrected chi connectivity index (χ4v) is 4.14. The Kier molecular flexibility index (Phi) is 5.16. The zero-order valence-electron chi connectivity index (χ0n) is 16.5. The van der Waals surface area contributed by atoms with Gasteiger partial charge in [-0.3, -0.25) is 14.6 Å². The number of hydrogen-bond donors (Lipinski definition) is 2.